The van der Waals surface area contributed by atoms with Gasteiger partial charge in [-0.1, -0.05) is 0 Å². The van der Waals surface area contributed by atoms with Crippen LogP contribution in [0, 0.1) is 6.92 Å². The topological polar surface area (TPSA) is 157 Å². The molecule has 1 saturated heterocycles. The van der Waals surface area contributed by atoms with Gasteiger partial charge in [-0.25, -0.2) is 9.78 Å². The molecule has 2 heterocycles. The predicted octanol–water partition coefficient (Wildman–Crippen LogP) is -2.25. The minimum absolute atomic E-state index is 0.0121. The maximum Gasteiger partial charge on any atom is 0.349 e. The number of nitrogens with zero attached hydrogens (tertiary/aromatic N) is 2. The van der Waals surface area contributed by atoms with Gasteiger partial charge in [0.05, 0.1) is 12.7 Å². The summed E-state index contributed by atoms with van der Waals surface area (Å²) in [4.78, 5) is 33.9. The Balaban J connectivity index is 2.12. The molecule has 0 radical (unpaired) electrons. The molecule has 0 aliphatic carbocycles. The van der Waals surface area contributed by atoms with Gasteiger partial charge >= 0.3 is 5.69 Å². The summed E-state index contributed by atoms with van der Waals surface area (Å²) in [6, 6.07) is 0. The van der Waals surface area contributed by atoms with Crippen molar-refractivity contribution in [2.24, 2.45) is 0 Å². The van der Waals surface area contributed by atoms with Crippen LogP contribution in [0.3, 0.4) is 0 Å². The third-order valence-electron chi connectivity index (χ3n) is 3.00. The van der Waals surface area contributed by atoms with Gasteiger partial charge in [0.1, 0.15) is 12.3 Å². The molecule has 118 valence electrons. The van der Waals surface area contributed by atoms with Crippen molar-refractivity contribution in [3.05, 3.63) is 22.2 Å². The van der Waals surface area contributed by atoms with Gasteiger partial charge in [-0.3, -0.25) is 9.13 Å². The minimum Gasteiger partial charge on any atom is -0.858 e. The molecule has 2 N–H and O–H groups in total. The Morgan fingerprint density at radius 2 is 2.33 bits per heavy atom. The Hall–Kier alpha value is -1.29. The molecule has 1 aliphatic heterocycles. The number of aliphatic hydroxyl groups is 1. The lowest BCUT2D eigenvalue weighted by Gasteiger charge is -2.20. The Morgan fingerprint density at radius 1 is 1.67 bits per heavy atom. The average molecular weight is 320 g/mol. The van der Waals surface area contributed by atoms with E-state index in [1.165, 1.54) is 13.1 Å². The molecule has 0 saturated carbocycles. The van der Waals surface area contributed by atoms with Gasteiger partial charge in [0.25, 0.3) is 7.82 Å². The highest BCUT2D eigenvalue weighted by atomic mass is 31.2. The molecule has 1 aromatic heterocycles. The summed E-state index contributed by atoms with van der Waals surface area (Å²) in [5.41, 5.74) is -0.604. The first-order valence-corrected chi connectivity index (χ1v) is 7.45. The van der Waals surface area contributed by atoms with Crippen LogP contribution in [0.4, 0.5) is 0 Å². The summed E-state index contributed by atoms with van der Waals surface area (Å²) >= 11 is 0. The van der Waals surface area contributed by atoms with E-state index in [1.54, 1.807) is 0 Å². The lowest BCUT2D eigenvalue weighted by Crippen LogP contribution is -2.29. The molecule has 4 atom stereocenters. The van der Waals surface area contributed by atoms with Crippen LogP contribution in [0.25, 0.3) is 0 Å². The molecule has 2 rings (SSSR count). The fraction of sp³-hybridized carbons (Fsp3) is 0.600. The molecular weight excluding hydrogens is 307 g/mol. The second-order valence-electron chi connectivity index (χ2n) is 4.62. The van der Waals surface area contributed by atoms with Crippen LogP contribution in [0.2, 0.25) is 0 Å². The Morgan fingerprint density at radius 3 is 2.95 bits per heavy atom. The van der Waals surface area contributed by atoms with Crippen molar-refractivity contribution in [1.29, 1.82) is 0 Å². The highest BCUT2D eigenvalue weighted by Gasteiger charge is 2.36. The van der Waals surface area contributed by atoms with Crippen LogP contribution in [-0.2, 0) is 13.8 Å². The van der Waals surface area contributed by atoms with E-state index in [0.717, 1.165) is 4.57 Å². The number of phosphoric acid groups is 1. The molecule has 10 nitrogen and oxygen atoms in total. The zero-order valence-corrected chi connectivity index (χ0v) is 11.8. The highest BCUT2D eigenvalue weighted by Crippen LogP contribution is 2.34. The molecule has 11 heteroatoms. The van der Waals surface area contributed by atoms with Crippen molar-refractivity contribution >= 4 is 7.82 Å². The highest BCUT2D eigenvalue weighted by molar-refractivity contribution is 7.44. The largest absolute Gasteiger partial charge is 0.858 e. The van der Waals surface area contributed by atoms with E-state index < -0.39 is 44.4 Å². The van der Waals surface area contributed by atoms with Crippen molar-refractivity contribution < 1.29 is 33.8 Å². The zero-order chi connectivity index (χ0) is 15.8. The third-order valence-corrected chi connectivity index (χ3v) is 3.48. The number of aryl methyl sites for hydroxylation is 1. The summed E-state index contributed by atoms with van der Waals surface area (Å²) in [6.45, 7) is 0.881. The molecule has 0 bridgehead atoms. The number of phosphoric ester groups is 1. The van der Waals surface area contributed by atoms with E-state index in [-0.39, 0.29) is 12.0 Å². The smallest absolute Gasteiger partial charge is 0.349 e. The standard InChI is InChI=1S/C10H15N2O8P/c1-5-3-12(10(15)11-9(5)14)8-2-6(13)7(20-8)4-19-21(16,17)18/h3,6-8,13H,2,4H2,1H3,(H,11,14,15)(H2,16,17,18)/p-2/t6-,7+,8+/m0/s1. The van der Waals surface area contributed by atoms with Crippen molar-refractivity contribution in [3.8, 4) is 5.88 Å². The lowest BCUT2D eigenvalue weighted by atomic mass is 10.2. The average Bonchev–Trinajstić information content (AvgIpc) is 2.72. The maximum absolute atomic E-state index is 11.6. The van der Waals surface area contributed by atoms with Gasteiger partial charge in [-0.2, -0.15) is 0 Å². The van der Waals surface area contributed by atoms with E-state index in [9.17, 15) is 24.5 Å². The summed E-state index contributed by atoms with van der Waals surface area (Å²) in [5.74, 6) is -0.651. The number of hydrogen-bond donors (Lipinski definition) is 2. The fourth-order valence-corrected chi connectivity index (χ4v) is 2.30. The predicted molar refractivity (Wildman–Crippen MR) is 63.0 cm³/mol. The van der Waals surface area contributed by atoms with Crippen molar-refractivity contribution in [1.82, 2.24) is 9.55 Å². The molecule has 1 fully saturated rings. The Kier molecular flexibility index (Phi) is 4.47. The summed E-state index contributed by atoms with van der Waals surface area (Å²) in [5, 5.41) is 21.0. The van der Waals surface area contributed by atoms with Gasteiger partial charge in [0.2, 0.25) is 0 Å². The van der Waals surface area contributed by atoms with Gasteiger partial charge in [-0.15, -0.1) is 0 Å². The molecule has 1 aromatic rings. The first-order valence-electron chi connectivity index (χ1n) is 5.96. The van der Waals surface area contributed by atoms with E-state index in [0.29, 0.717) is 0 Å². The summed E-state index contributed by atoms with van der Waals surface area (Å²) in [6.07, 6.45) is -1.80. The monoisotopic (exact) mass is 320 g/mol. The van der Waals surface area contributed by atoms with Crippen molar-refractivity contribution in [2.45, 2.75) is 31.8 Å². The van der Waals surface area contributed by atoms with Crippen LogP contribution < -0.4 is 15.7 Å². The van der Waals surface area contributed by atoms with Crippen molar-refractivity contribution in [2.75, 3.05) is 6.61 Å². The molecule has 1 unspecified atom stereocenters. The maximum atomic E-state index is 11.6. The lowest BCUT2D eigenvalue weighted by molar-refractivity contribution is -0.276. The van der Waals surface area contributed by atoms with Gasteiger partial charge in [0.15, 0.2) is 0 Å². The van der Waals surface area contributed by atoms with E-state index in [1.807, 2.05) is 0 Å². The Bertz CT molecular complexity index is 626. The molecule has 21 heavy (non-hydrogen) atoms. The SMILES string of the molecule is Cc1cn([C@H]2C[C@H](O)[C@@H](COP(=O)([O-])O)O2)c(=O)nc1[O-]. The second-order valence-corrected chi connectivity index (χ2v) is 5.81. The number of hydrogen-bond acceptors (Lipinski definition) is 8. The molecule has 0 aromatic carbocycles. The summed E-state index contributed by atoms with van der Waals surface area (Å²) in [7, 11) is -4.92. The molecular formula is C10H13N2O8P-2. The fourth-order valence-electron chi connectivity index (χ4n) is 1.96. The van der Waals surface area contributed by atoms with Crippen LogP contribution in [0.15, 0.2) is 11.0 Å². The van der Waals surface area contributed by atoms with Gasteiger partial charge < -0.3 is 29.3 Å². The van der Waals surface area contributed by atoms with Crippen LogP contribution >= 0.6 is 7.82 Å². The van der Waals surface area contributed by atoms with E-state index in [2.05, 4.69) is 9.51 Å². The number of ether oxygens (including phenoxy) is 1. The first-order chi connectivity index (χ1) is 9.67. The molecule has 0 spiro atoms. The van der Waals surface area contributed by atoms with Crippen molar-refractivity contribution in [3.63, 3.8) is 0 Å². The quantitative estimate of drug-likeness (QED) is 0.585. The summed E-state index contributed by atoms with van der Waals surface area (Å²) < 4.78 is 21.0. The number of aromatic nitrogens is 2. The van der Waals surface area contributed by atoms with E-state index >= 15 is 0 Å². The Labute approximate surface area is 118 Å². The minimum atomic E-state index is -4.92. The van der Waals surface area contributed by atoms with Crippen LogP contribution in [0.5, 0.6) is 5.88 Å². The first kappa shape index (κ1) is 16.1. The second kappa shape index (κ2) is 5.84. The molecule has 0 amide bonds. The van der Waals surface area contributed by atoms with Gasteiger partial charge in [-0.05, 0) is 18.4 Å². The van der Waals surface area contributed by atoms with Crippen LogP contribution in [0.1, 0.15) is 18.2 Å². The van der Waals surface area contributed by atoms with E-state index in [4.69, 9.17) is 9.63 Å². The number of rotatable bonds is 4. The van der Waals surface area contributed by atoms with Crippen LogP contribution in [-0.4, -0.2) is 38.4 Å². The number of aliphatic hydroxyl groups excluding tert-OH is 1. The van der Waals surface area contributed by atoms with Gasteiger partial charge in [0, 0.05) is 12.6 Å². The normalized spacial score (nSPS) is 28.5. The molecule has 1 aliphatic rings. The zero-order valence-electron chi connectivity index (χ0n) is 10.9. The third kappa shape index (κ3) is 3.88.